The van der Waals surface area contributed by atoms with Crippen LogP contribution in [0.2, 0.25) is 0 Å². The third-order valence-electron chi connectivity index (χ3n) is 7.35. The molecule has 2 bridgehead atoms. The number of rotatable bonds is 8. The van der Waals surface area contributed by atoms with Gasteiger partial charge in [0.1, 0.15) is 11.6 Å². The van der Waals surface area contributed by atoms with Crippen LogP contribution in [0, 0.1) is 11.8 Å². The summed E-state index contributed by atoms with van der Waals surface area (Å²) < 4.78 is 11.7. The zero-order chi connectivity index (χ0) is 22.2. The fourth-order valence-electron chi connectivity index (χ4n) is 6.10. The number of nitrogens with one attached hydrogen (secondary N) is 1. The summed E-state index contributed by atoms with van der Waals surface area (Å²) in [5.41, 5.74) is -1.02. The fourth-order valence-corrected chi connectivity index (χ4v) is 7.04. The molecule has 0 aromatic carbocycles. The minimum atomic E-state index is -1.02. The summed E-state index contributed by atoms with van der Waals surface area (Å²) in [4.78, 5) is 41.4. The van der Waals surface area contributed by atoms with E-state index in [4.69, 9.17) is 9.47 Å². The molecule has 174 valence electrons. The molecular formula is C22H33BrN2O6. The summed E-state index contributed by atoms with van der Waals surface area (Å²) >= 11 is 3.64. The van der Waals surface area contributed by atoms with Gasteiger partial charge in [0.25, 0.3) is 0 Å². The predicted octanol–water partition coefficient (Wildman–Crippen LogP) is 1.52. The van der Waals surface area contributed by atoms with Crippen molar-refractivity contribution in [2.75, 3.05) is 19.8 Å². The van der Waals surface area contributed by atoms with E-state index in [1.807, 2.05) is 0 Å². The molecule has 3 aliphatic heterocycles. The van der Waals surface area contributed by atoms with Gasteiger partial charge in [-0.05, 0) is 39.0 Å². The molecular weight excluding hydrogens is 468 g/mol. The van der Waals surface area contributed by atoms with Crippen LogP contribution in [0.25, 0.3) is 0 Å². The van der Waals surface area contributed by atoms with Crippen LogP contribution in [0.3, 0.4) is 0 Å². The normalized spacial score (nSPS) is 37.2. The number of fused-ring (bicyclic) bond motifs is 1. The van der Waals surface area contributed by atoms with Crippen LogP contribution in [0.5, 0.6) is 0 Å². The number of alkyl halides is 1. The lowest BCUT2D eigenvalue weighted by Gasteiger charge is -2.35. The quantitative estimate of drug-likeness (QED) is 0.297. The van der Waals surface area contributed by atoms with Gasteiger partial charge in [-0.3, -0.25) is 14.4 Å². The van der Waals surface area contributed by atoms with Crippen molar-refractivity contribution in [1.82, 2.24) is 10.2 Å². The van der Waals surface area contributed by atoms with E-state index >= 15 is 0 Å². The number of carbonyl (C=O) groups excluding carboxylic acids is 3. The average Bonchev–Trinajstić information content (AvgIpc) is 3.33. The Balaban J connectivity index is 1.64. The summed E-state index contributed by atoms with van der Waals surface area (Å²) in [7, 11) is 0. The van der Waals surface area contributed by atoms with Crippen LogP contribution < -0.4 is 5.32 Å². The maximum atomic E-state index is 13.6. The summed E-state index contributed by atoms with van der Waals surface area (Å²) in [6.07, 6.45) is 6.43. The molecule has 9 heteroatoms. The highest BCUT2D eigenvalue weighted by atomic mass is 79.9. The number of hydrogen-bond acceptors (Lipinski definition) is 6. The fraction of sp³-hybridized carbons (Fsp3) is 0.864. The zero-order valence-electron chi connectivity index (χ0n) is 18.1. The lowest BCUT2D eigenvalue weighted by molar-refractivity contribution is -0.154. The lowest BCUT2D eigenvalue weighted by Crippen LogP contribution is -2.57. The van der Waals surface area contributed by atoms with Gasteiger partial charge in [-0.2, -0.15) is 0 Å². The lowest BCUT2D eigenvalue weighted by atomic mass is 9.70. The van der Waals surface area contributed by atoms with Crippen LogP contribution in [0.1, 0.15) is 58.3 Å². The van der Waals surface area contributed by atoms with Crippen molar-refractivity contribution >= 4 is 33.7 Å². The summed E-state index contributed by atoms with van der Waals surface area (Å²) in [6.45, 7) is 2.36. The molecule has 0 radical (unpaired) electrons. The van der Waals surface area contributed by atoms with Gasteiger partial charge in [0.15, 0.2) is 0 Å². The SMILES string of the molecule is CCOC(=O)[C@H]1[C@H]2C(=O)N(CCCCO)C(C(=O)NC3CCCCC3)C23CC(Br)[C@@H]1O3. The molecule has 1 aliphatic carbocycles. The largest absolute Gasteiger partial charge is 0.466 e. The highest BCUT2D eigenvalue weighted by Gasteiger charge is 2.76. The molecule has 1 saturated carbocycles. The van der Waals surface area contributed by atoms with Crippen molar-refractivity contribution in [2.24, 2.45) is 11.8 Å². The van der Waals surface area contributed by atoms with Gasteiger partial charge in [-0.1, -0.05) is 35.2 Å². The highest BCUT2D eigenvalue weighted by molar-refractivity contribution is 9.09. The van der Waals surface area contributed by atoms with Crippen LogP contribution in [-0.2, 0) is 23.9 Å². The number of amides is 2. The minimum Gasteiger partial charge on any atom is -0.466 e. The molecule has 0 aromatic heterocycles. The Morgan fingerprint density at radius 2 is 2.03 bits per heavy atom. The Labute approximate surface area is 191 Å². The van der Waals surface area contributed by atoms with E-state index in [-0.39, 0.29) is 35.9 Å². The van der Waals surface area contributed by atoms with Gasteiger partial charge < -0.3 is 24.8 Å². The molecule has 4 aliphatic rings. The molecule has 1 spiro atoms. The van der Waals surface area contributed by atoms with E-state index in [0.717, 1.165) is 25.7 Å². The Morgan fingerprint density at radius 3 is 2.71 bits per heavy atom. The molecule has 2 amide bonds. The van der Waals surface area contributed by atoms with Gasteiger partial charge >= 0.3 is 5.97 Å². The second kappa shape index (κ2) is 9.35. The van der Waals surface area contributed by atoms with E-state index in [9.17, 15) is 19.5 Å². The third kappa shape index (κ3) is 3.91. The minimum absolute atomic E-state index is 0.0308. The Hall–Kier alpha value is -1.19. The van der Waals surface area contributed by atoms with E-state index in [1.54, 1.807) is 11.8 Å². The van der Waals surface area contributed by atoms with Crippen molar-refractivity contribution in [3.05, 3.63) is 0 Å². The maximum Gasteiger partial charge on any atom is 0.312 e. The van der Waals surface area contributed by atoms with Crippen LogP contribution in [0.15, 0.2) is 0 Å². The number of esters is 1. The van der Waals surface area contributed by atoms with Crippen molar-refractivity contribution in [3.8, 4) is 0 Å². The van der Waals surface area contributed by atoms with Crippen LogP contribution in [0.4, 0.5) is 0 Å². The summed E-state index contributed by atoms with van der Waals surface area (Å²) in [6, 6.07) is -0.652. The molecule has 0 aromatic rings. The van der Waals surface area contributed by atoms with Crippen LogP contribution >= 0.6 is 15.9 Å². The number of unbranched alkanes of at least 4 members (excludes halogenated alkanes) is 1. The zero-order valence-corrected chi connectivity index (χ0v) is 19.6. The van der Waals surface area contributed by atoms with Crippen molar-refractivity contribution in [2.45, 2.75) is 86.9 Å². The Kier molecular flexibility index (Phi) is 6.93. The number of hydrogen-bond donors (Lipinski definition) is 2. The molecule has 6 atom stereocenters. The number of carbonyl (C=O) groups is 3. The van der Waals surface area contributed by atoms with Crippen molar-refractivity contribution < 1.29 is 29.0 Å². The first-order chi connectivity index (χ1) is 14.9. The molecule has 3 heterocycles. The molecule has 2 N–H and O–H groups in total. The van der Waals surface area contributed by atoms with Crippen molar-refractivity contribution in [1.29, 1.82) is 0 Å². The third-order valence-corrected chi connectivity index (χ3v) is 8.20. The van der Waals surface area contributed by atoms with Gasteiger partial charge in [-0.15, -0.1) is 0 Å². The van der Waals surface area contributed by atoms with E-state index in [0.29, 0.717) is 25.8 Å². The monoisotopic (exact) mass is 500 g/mol. The highest BCUT2D eigenvalue weighted by Crippen LogP contribution is 2.60. The number of aliphatic hydroxyl groups excluding tert-OH is 1. The molecule has 4 fully saturated rings. The second-order valence-corrected chi connectivity index (χ2v) is 10.4. The summed E-state index contributed by atoms with van der Waals surface area (Å²) in [5.74, 6) is -2.24. The van der Waals surface area contributed by atoms with Gasteiger partial charge in [0.05, 0.1) is 24.5 Å². The van der Waals surface area contributed by atoms with Crippen LogP contribution in [-0.4, -0.2) is 76.2 Å². The first kappa shape index (κ1) is 23.0. The van der Waals surface area contributed by atoms with Gasteiger partial charge in [0.2, 0.25) is 11.8 Å². The average molecular weight is 501 g/mol. The smallest absolute Gasteiger partial charge is 0.312 e. The second-order valence-electron chi connectivity index (χ2n) is 9.22. The van der Waals surface area contributed by atoms with E-state index in [1.165, 1.54) is 6.42 Å². The van der Waals surface area contributed by atoms with E-state index < -0.39 is 35.6 Å². The number of likely N-dealkylation sites (tertiary alicyclic amines) is 1. The number of aliphatic hydroxyl groups is 1. The number of ether oxygens (including phenoxy) is 2. The Morgan fingerprint density at radius 1 is 1.29 bits per heavy atom. The molecule has 31 heavy (non-hydrogen) atoms. The van der Waals surface area contributed by atoms with Crippen molar-refractivity contribution in [3.63, 3.8) is 0 Å². The number of nitrogens with zero attached hydrogens (tertiary/aromatic N) is 1. The van der Waals surface area contributed by atoms with Gasteiger partial charge in [-0.25, -0.2) is 0 Å². The number of halogens is 1. The van der Waals surface area contributed by atoms with Gasteiger partial charge in [0, 0.05) is 24.0 Å². The Bertz CT molecular complexity index is 714. The summed E-state index contributed by atoms with van der Waals surface area (Å²) in [5, 5.41) is 12.4. The maximum absolute atomic E-state index is 13.6. The van der Waals surface area contributed by atoms with E-state index in [2.05, 4.69) is 21.2 Å². The molecule has 8 nitrogen and oxygen atoms in total. The standard InChI is InChI=1S/C22H33BrN2O6/c1-2-30-21(29)15-16-20(28)25(10-6-7-11-26)18(22(16)12-14(23)17(15)31-22)19(27)24-13-8-4-3-5-9-13/h13-18,26H,2-12H2,1H3,(H,24,27)/t14?,15-,16-,17-,18?,22?/m0/s1. The first-order valence-electron chi connectivity index (χ1n) is 11.6. The molecule has 4 rings (SSSR count). The predicted molar refractivity (Wildman–Crippen MR) is 115 cm³/mol. The molecule has 3 saturated heterocycles. The first-order valence-corrected chi connectivity index (χ1v) is 12.6. The molecule has 3 unspecified atom stereocenters. The topological polar surface area (TPSA) is 105 Å².